The van der Waals surface area contributed by atoms with Crippen molar-refractivity contribution >= 4 is 29.2 Å². The molecule has 0 fully saturated rings. The van der Waals surface area contributed by atoms with Crippen LogP contribution in [-0.2, 0) is 16.1 Å². The third kappa shape index (κ3) is 4.93. The third-order valence-electron chi connectivity index (χ3n) is 3.38. The summed E-state index contributed by atoms with van der Waals surface area (Å²) in [6, 6.07) is 10.2. The maximum atomic E-state index is 12.0. The van der Waals surface area contributed by atoms with Gasteiger partial charge in [0.05, 0.1) is 10.5 Å². The van der Waals surface area contributed by atoms with Gasteiger partial charge in [0.2, 0.25) is 5.91 Å². The highest BCUT2D eigenvalue weighted by Gasteiger charge is 2.21. The number of hydrogen-bond acceptors (Lipinski definition) is 6. The number of hydrogen-bond donors (Lipinski definition) is 1. The highest BCUT2D eigenvalue weighted by Crippen LogP contribution is 2.22. The number of nitrogens with zero attached hydrogens (tertiary/aromatic N) is 1. The summed E-state index contributed by atoms with van der Waals surface area (Å²) in [5, 5.41) is 11.6. The minimum Gasteiger partial charge on any atom is -0.479 e. The fourth-order valence-corrected chi connectivity index (χ4v) is 2.25. The Hall–Kier alpha value is -3.13. The lowest BCUT2D eigenvalue weighted by Crippen LogP contribution is -2.26. The highest BCUT2D eigenvalue weighted by molar-refractivity contribution is 6.30. The molecule has 0 bridgehead atoms. The summed E-state index contributed by atoms with van der Waals surface area (Å²) in [5.74, 6) is -1.11. The normalized spacial score (nSPS) is 11.5. The summed E-state index contributed by atoms with van der Waals surface area (Å²) in [7, 11) is 0. The second-order valence-corrected chi connectivity index (χ2v) is 5.73. The standard InChI is InChI=1S/C17H15ClN2O6/c1-10(26-14-4-2-3-13(18)8-14)17(22)25-9-12-6-5-11(16(19)21)7-15(12)20(23)24/h2-8,10H,9H2,1H3,(H2,19,21). The van der Waals surface area contributed by atoms with Crippen LogP contribution in [0.15, 0.2) is 42.5 Å². The van der Waals surface area contributed by atoms with E-state index < -0.39 is 22.9 Å². The van der Waals surface area contributed by atoms with Crippen molar-refractivity contribution < 1.29 is 24.0 Å². The molecule has 136 valence electrons. The number of nitro benzene ring substituents is 1. The van der Waals surface area contributed by atoms with Gasteiger partial charge in [-0.05, 0) is 37.3 Å². The molecule has 8 nitrogen and oxygen atoms in total. The SMILES string of the molecule is CC(Oc1cccc(Cl)c1)C(=O)OCc1ccc(C(N)=O)cc1[N+](=O)[O-]. The molecule has 0 saturated heterocycles. The lowest BCUT2D eigenvalue weighted by atomic mass is 10.1. The number of benzene rings is 2. The highest BCUT2D eigenvalue weighted by atomic mass is 35.5. The zero-order valence-corrected chi connectivity index (χ0v) is 14.4. The first-order valence-corrected chi connectivity index (χ1v) is 7.81. The van der Waals surface area contributed by atoms with Crippen LogP contribution in [-0.4, -0.2) is 22.9 Å². The van der Waals surface area contributed by atoms with E-state index in [1.807, 2.05) is 0 Å². The number of nitrogens with two attached hydrogens (primary N) is 1. The quantitative estimate of drug-likeness (QED) is 0.449. The van der Waals surface area contributed by atoms with E-state index in [1.165, 1.54) is 19.1 Å². The molecule has 0 saturated carbocycles. The van der Waals surface area contributed by atoms with Gasteiger partial charge in [0.25, 0.3) is 5.69 Å². The van der Waals surface area contributed by atoms with E-state index in [0.717, 1.165) is 6.07 Å². The molecule has 9 heteroatoms. The molecular formula is C17H15ClN2O6. The van der Waals surface area contributed by atoms with Crippen LogP contribution in [0.25, 0.3) is 0 Å². The first-order chi connectivity index (χ1) is 12.3. The zero-order chi connectivity index (χ0) is 19.3. The van der Waals surface area contributed by atoms with E-state index in [2.05, 4.69) is 0 Å². The summed E-state index contributed by atoms with van der Waals surface area (Å²) < 4.78 is 10.5. The Bertz CT molecular complexity index is 855. The summed E-state index contributed by atoms with van der Waals surface area (Å²) >= 11 is 5.84. The largest absolute Gasteiger partial charge is 0.479 e. The van der Waals surface area contributed by atoms with E-state index in [1.54, 1.807) is 24.3 Å². The van der Waals surface area contributed by atoms with E-state index >= 15 is 0 Å². The van der Waals surface area contributed by atoms with Gasteiger partial charge in [-0.25, -0.2) is 4.79 Å². The lowest BCUT2D eigenvalue weighted by molar-refractivity contribution is -0.385. The number of primary amides is 1. The topological polar surface area (TPSA) is 122 Å². The van der Waals surface area contributed by atoms with Crippen molar-refractivity contribution in [1.82, 2.24) is 0 Å². The average molecular weight is 379 g/mol. The van der Waals surface area contributed by atoms with Gasteiger partial charge >= 0.3 is 5.97 Å². The summed E-state index contributed by atoms with van der Waals surface area (Å²) in [6.45, 7) is 1.13. The molecule has 0 aliphatic carbocycles. The Kier molecular flexibility index (Phi) is 6.13. The van der Waals surface area contributed by atoms with Crippen LogP contribution in [0.5, 0.6) is 5.75 Å². The van der Waals surface area contributed by atoms with Crippen molar-refractivity contribution in [3.63, 3.8) is 0 Å². The molecule has 0 heterocycles. The number of halogens is 1. The molecule has 1 amide bonds. The number of nitro groups is 1. The van der Waals surface area contributed by atoms with Crippen LogP contribution in [0, 0.1) is 10.1 Å². The van der Waals surface area contributed by atoms with Crippen molar-refractivity contribution in [2.45, 2.75) is 19.6 Å². The number of esters is 1. The molecule has 1 atom stereocenters. The second-order valence-electron chi connectivity index (χ2n) is 5.29. The van der Waals surface area contributed by atoms with Gasteiger partial charge in [-0.3, -0.25) is 14.9 Å². The van der Waals surface area contributed by atoms with Crippen LogP contribution in [0.1, 0.15) is 22.8 Å². The molecule has 0 aliphatic rings. The van der Waals surface area contributed by atoms with E-state index in [-0.39, 0.29) is 23.4 Å². The molecule has 2 aromatic rings. The summed E-state index contributed by atoms with van der Waals surface area (Å²) in [5.41, 5.74) is 4.86. The van der Waals surface area contributed by atoms with E-state index in [0.29, 0.717) is 10.8 Å². The monoisotopic (exact) mass is 378 g/mol. The predicted octanol–water partition coefficient (Wildman–Crippen LogP) is 2.86. The number of carbonyl (C=O) groups excluding carboxylic acids is 2. The molecule has 1 unspecified atom stereocenters. The van der Waals surface area contributed by atoms with Crippen LogP contribution in [0.2, 0.25) is 5.02 Å². The molecule has 2 aromatic carbocycles. The molecular weight excluding hydrogens is 364 g/mol. The van der Waals surface area contributed by atoms with Crippen LogP contribution in [0.4, 0.5) is 5.69 Å². The Morgan fingerprint density at radius 1 is 1.27 bits per heavy atom. The third-order valence-corrected chi connectivity index (χ3v) is 3.61. The minimum atomic E-state index is -0.947. The molecule has 2 N–H and O–H groups in total. The summed E-state index contributed by atoms with van der Waals surface area (Å²) in [4.78, 5) is 33.6. The number of ether oxygens (including phenoxy) is 2. The fraction of sp³-hybridized carbons (Fsp3) is 0.176. The number of carbonyl (C=O) groups is 2. The first-order valence-electron chi connectivity index (χ1n) is 7.44. The Morgan fingerprint density at radius 2 is 2.00 bits per heavy atom. The molecule has 0 spiro atoms. The van der Waals surface area contributed by atoms with Gasteiger partial charge in [-0.15, -0.1) is 0 Å². The Morgan fingerprint density at radius 3 is 2.62 bits per heavy atom. The van der Waals surface area contributed by atoms with Gasteiger partial charge in [0.1, 0.15) is 12.4 Å². The van der Waals surface area contributed by atoms with Gasteiger partial charge in [0.15, 0.2) is 6.10 Å². The second kappa shape index (κ2) is 8.30. The lowest BCUT2D eigenvalue weighted by Gasteiger charge is -2.14. The zero-order valence-electron chi connectivity index (χ0n) is 13.7. The molecule has 2 rings (SSSR count). The Balaban J connectivity index is 2.04. The van der Waals surface area contributed by atoms with Crippen molar-refractivity contribution in [1.29, 1.82) is 0 Å². The van der Waals surface area contributed by atoms with Crippen molar-refractivity contribution in [2.75, 3.05) is 0 Å². The average Bonchev–Trinajstić information content (AvgIpc) is 2.59. The van der Waals surface area contributed by atoms with Crippen molar-refractivity contribution in [3.05, 3.63) is 68.7 Å². The predicted molar refractivity (Wildman–Crippen MR) is 93.0 cm³/mol. The van der Waals surface area contributed by atoms with Crippen molar-refractivity contribution in [3.8, 4) is 5.75 Å². The van der Waals surface area contributed by atoms with Crippen LogP contribution < -0.4 is 10.5 Å². The Labute approximate surface area is 153 Å². The molecule has 26 heavy (non-hydrogen) atoms. The van der Waals surface area contributed by atoms with Gasteiger partial charge in [-0.2, -0.15) is 0 Å². The maximum absolute atomic E-state index is 12.0. The molecule has 0 aliphatic heterocycles. The van der Waals surface area contributed by atoms with Crippen LogP contribution >= 0.6 is 11.6 Å². The summed E-state index contributed by atoms with van der Waals surface area (Å²) in [6.07, 6.45) is -0.947. The van der Waals surface area contributed by atoms with Gasteiger partial charge in [0, 0.05) is 16.7 Å². The van der Waals surface area contributed by atoms with Gasteiger partial charge in [-0.1, -0.05) is 17.7 Å². The first kappa shape index (κ1) is 19.2. The maximum Gasteiger partial charge on any atom is 0.347 e. The smallest absolute Gasteiger partial charge is 0.347 e. The molecule has 0 radical (unpaired) electrons. The molecule has 0 aromatic heterocycles. The van der Waals surface area contributed by atoms with Crippen LogP contribution in [0.3, 0.4) is 0 Å². The van der Waals surface area contributed by atoms with E-state index in [4.69, 9.17) is 26.8 Å². The number of amides is 1. The van der Waals surface area contributed by atoms with E-state index in [9.17, 15) is 19.7 Å². The van der Waals surface area contributed by atoms with Gasteiger partial charge < -0.3 is 15.2 Å². The number of rotatable bonds is 7. The van der Waals surface area contributed by atoms with Crippen molar-refractivity contribution in [2.24, 2.45) is 5.73 Å². The fourth-order valence-electron chi connectivity index (χ4n) is 2.07. The minimum absolute atomic E-state index is 0.00978.